The number of nitrogens with zero attached hydrogens (tertiary/aromatic N) is 1. The maximum absolute atomic E-state index is 11.9. The molecule has 1 saturated carbocycles. The van der Waals surface area contributed by atoms with E-state index in [1.807, 2.05) is 0 Å². The van der Waals surface area contributed by atoms with E-state index in [-0.39, 0.29) is 0 Å². The van der Waals surface area contributed by atoms with Crippen molar-refractivity contribution < 1.29 is 13.5 Å². The van der Waals surface area contributed by atoms with Gasteiger partial charge in [0, 0.05) is 31.7 Å². The molecule has 0 unspecified atom stereocenters. The number of hydrogen-bond donors (Lipinski definition) is 1. The quantitative estimate of drug-likeness (QED) is 0.746. The SMILES string of the molecule is FC(F)COCCN1CCNC2(CCCC2)C1. The highest BCUT2D eigenvalue weighted by molar-refractivity contribution is 4.98. The van der Waals surface area contributed by atoms with Crippen molar-refractivity contribution in [3.05, 3.63) is 0 Å². The lowest BCUT2D eigenvalue weighted by Gasteiger charge is -2.41. The van der Waals surface area contributed by atoms with Crippen molar-refractivity contribution in [3.8, 4) is 0 Å². The standard InChI is InChI=1S/C12H22F2N2O/c13-11(14)9-17-8-7-16-6-5-15-12(10-16)3-1-2-4-12/h11,15H,1-10H2. The lowest BCUT2D eigenvalue weighted by atomic mass is 9.94. The summed E-state index contributed by atoms with van der Waals surface area (Å²) in [6, 6.07) is 0. The first-order chi connectivity index (χ1) is 8.20. The number of nitrogens with one attached hydrogen (secondary N) is 1. The zero-order chi connectivity index (χ0) is 12.1. The van der Waals surface area contributed by atoms with Gasteiger partial charge < -0.3 is 10.1 Å². The topological polar surface area (TPSA) is 24.5 Å². The maximum Gasteiger partial charge on any atom is 0.261 e. The summed E-state index contributed by atoms with van der Waals surface area (Å²) in [6.45, 7) is 3.81. The Kier molecular flexibility index (Phi) is 4.70. The minimum Gasteiger partial charge on any atom is -0.374 e. The van der Waals surface area contributed by atoms with Crippen molar-refractivity contribution in [1.29, 1.82) is 0 Å². The second kappa shape index (κ2) is 6.07. The fraction of sp³-hybridized carbons (Fsp3) is 1.00. The molecule has 1 N–H and O–H groups in total. The van der Waals surface area contributed by atoms with Gasteiger partial charge in [-0.2, -0.15) is 0 Å². The highest BCUT2D eigenvalue weighted by atomic mass is 19.3. The summed E-state index contributed by atoms with van der Waals surface area (Å²) >= 11 is 0. The number of ether oxygens (including phenoxy) is 1. The van der Waals surface area contributed by atoms with Crippen LogP contribution in [0.15, 0.2) is 0 Å². The molecule has 3 nitrogen and oxygen atoms in total. The van der Waals surface area contributed by atoms with Crippen LogP contribution in [0.4, 0.5) is 8.78 Å². The number of piperazine rings is 1. The molecular formula is C12H22F2N2O. The van der Waals surface area contributed by atoms with Crippen LogP contribution in [0.5, 0.6) is 0 Å². The lowest BCUT2D eigenvalue weighted by Crippen LogP contribution is -2.59. The van der Waals surface area contributed by atoms with E-state index in [4.69, 9.17) is 4.74 Å². The van der Waals surface area contributed by atoms with Crippen LogP contribution in [-0.4, -0.2) is 56.3 Å². The molecule has 2 fully saturated rings. The minimum absolute atomic E-state index is 0.307. The maximum atomic E-state index is 11.9. The van der Waals surface area contributed by atoms with Crippen LogP contribution in [0.25, 0.3) is 0 Å². The van der Waals surface area contributed by atoms with Gasteiger partial charge in [-0.1, -0.05) is 12.8 Å². The summed E-state index contributed by atoms with van der Waals surface area (Å²) in [7, 11) is 0. The van der Waals surface area contributed by atoms with E-state index in [0.717, 1.165) is 26.2 Å². The van der Waals surface area contributed by atoms with Gasteiger partial charge in [-0.25, -0.2) is 8.78 Å². The molecule has 0 bridgehead atoms. The van der Waals surface area contributed by atoms with Crippen molar-refractivity contribution >= 4 is 0 Å². The van der Waals surface area contributed by atoms with Gasteiger partial charge in [0.25, 0.3) is 6.43 Å². The van der Waals surface area contributed by atoms with Crippen LogP contribution in [0.1, 0.15) is 25.7 Å². The Bertz CT molecular complexity index is 233. The van der Waals surface area contributed by atoms with Crippen LogP contribution in [0, 0.1) is 0 Å². The van der Waals surface area contributed by atoms with E-state index in [2.05, 4.69) is 10.2 Å². The third-order valence-electron chi connectivity index (χ3n) is 3.81. The van der Waals surface area contributed by atoms with E-state index in [9.17, 15) is 8.78 Å². The average molecular weight is 248 g/mol. The molecule has 0 aromatic carbocycles. The molecule has 5 heteroatoms. The lowest BCUT2D eigenvalue weighted by molar-refractivity contribution is 0.00437. The third-order valence-corrected chi connectivity index (χ3v) is 3.81. The van der Waals surface area contributed by atoms with Crippen LogP contribution in [0.3, 0.4) is 0 Å². The Morgan fingerprint density at radius 2 is 2.06 bits per heavy atom. The molecule has 0 aromatic rings. The van der Waals surface area contributed by atoms with Gasteiger partial charge in [-0.3, -0.25) is 4.90 Å². The van der Waals surface area contributed by atoms with Crippen molar-refractivity contribution in [2.24, 2.45) is 0 Å². The van der Waals surface area contributed by atoms with Gasteiger partial charge in [0.2, 0.25) is 0 Å². The van der Waals surface area contributed by atoms with Crippen LogP contribution in [-0.2, 0) is 4.74 Å². The van der Waals surface area contributed by atoms with Gasteiger partial charge in [0.05, 0.1) is 6.61 Å². The number of hydrogen-bond acceptors (Lipinski definition) is 3. The summed E-state index contributed by atoms with van der Waals surface area (Å²) in [5.41, 5.74) is 0.307. The molecule has 17 heavy (non-hydrogen) atoms. The van der Waals surface area contributed by atoms with Gasteiger partial charge in [-0.05, 0) is 12.8 Å². The molecule has 0 atom stereocenters. The van der Waals surface area contributed by atoms with E-state index in [0.29, 0.717) is 12.1 Å². The van der Waals surface area contributed by atoms with Crippen molar-refractivity contribution in [1.82, 2.24) is 10.2 Å². The van der Waals surface area contributed by atoms with E-state index < -0.39 is 13.0 Å². The molecule has 100 valence electrons. The van der Waals surface area contributed by atoms with E-state index in [1.54, 1.807) is 0 Å². The highest BCUT2D eigenvalue weighted by Gasteiger charge is 2.37. The fourth-order valence-corrected chi connectivity index (χ4v) is 2.99. The molecule has 1 heterocycles. The molecule has 1 saturated heterocycles. The van der Waals surface area contributed by atoms with Crippen molar-refractivity contribution in [2.45, 2.75) is 37.6 Å². The van der Waals surface area contributed by atoms with Crippen molar-refractivity contribution in [3.63, 3.8) is 0 Å². The summed E-state index contributed by atoms with van der Waals surface area (Å²) in [5.74, 6) is 0. The van der Waals surface area contributed by atoms with E-state index >= 15 is 0 Å². The molecule has 1 aliphatic heterocycles. The Morgan fingerprint density at radius 3 is 2.76 bits per heavy atom. The van der Waals surface area contributed by atoms with Crippen molar-refractivity contribution in [2.75, 3.05) is 39.4 Å². The first-order valence-electron chi connectivity index (χ1n) is 6.53. The third kappa shape index (κ3) is 3.86. The smallest absolute Gasteiger partial charge is 0.261 e. The normalized spacial score (nSPS) is 24.9. The summed E-state index contributed by atoms with van der Waals surface area (Å²) < 4.78 is 28.7. The van der Waals surface area contributed by atoms with Gasteiger partial charge >= 0.3 is 0 Å². The van der Waals surface area contributed by atoms with Gasteiger partial charge in [0.15, 0.2) is 0 Å². The van der Waals surface area contributed by atoms with Gasteiger partial charge in [0.1, 0.15) is 6.61 Å². The molecule has 0 radical (unpaired) electrons. The summed E-state index contributed by atoms with van der Waals surface area (Å²) in [5, 5.41) is 3.63. The first kappa shape index (κ1) is 13.2. The second-order valence-electron chi connectivity index (χ2n) is 5.16. The fourth-order valence-electron chi connectivity index (χ4n) is 2.99. The molecule has 1 spiro atoms. The molecule has 0 amide bonds. The predicted molar refractivity (Wildman–Crippen MR) is 62.5 cm³/mol. The second-order valence-corrected chi connectivity index (χ2v) is 5.16. The van der Waals surface area contributed by atoms with Crippen LogP contribution >= 0.6 is 0 Å². The molecular weight excluding hydrogens is 226 g/mol. The van der Waals surface area contributed by atoms with E-state index in [1.165, 1.54) is 25.7 Å². The number of alkyl halides is 2. The van der Waals surface area contributed by atoms with Crippen LogP contribution in [0.2, 0.25) is 0 Å². The summed E-state index contributed by atoms with van der Waals surface area (Å²) in [6.07, 6.45) is 2.77. The largest absolute Gasteiger partial charge is 0.374 e. The zero-order valence-electron chi connectivity index (χ0n) is 10.3. The van der Waals surface area contributed by atoms with Gasteiger partial charge in [-0.15, -0.1) is 0 Å². The minimum atomic E-state index is -2.35. The molecule has 2 aliphatic rings. The first-order valence-corrected chi connectivity index (χ1v) is 6.53. The predicted octanol–water partition coefficient (Wildman–Crippen LogP) is 1.49. The zero-order valence-corrected chi connectivity index (χ0v) is 10.3. The van der Waals surface area contributed by atoms with Crippen LogP contribution < -0.4 is 5.32 Å². The Balaban J connectivity index is 1.67. The number of rotatable bonds is 5. The molecule has 2 rings (SSSR count). The number of halogens is 2. The Morgan fingerprint density at radius 1 is 1.29 bits per heavy atom. The molecule has 0 aromatic heterocycles. The molecule has 1 aliphatic carbocycles. The summed E-state index contributed by atoms with van der Waals surface area (Å²) in [4.78, 5) is 2.34. The average Bonchev–Trinajstić information content (AvgIpc) is 2.73. The Hall–Kier alpha value is -0.260. The Labute approximate surface area is 101 Å². The monoisotopic (exact) mass is 248 g/mol. The highest BCUT2D eigenvalue weighted by Crippen LogP contribution is 2.31.